The summed E-state index contributed by atoms with van der Waals surface area (Å²) in [6, 6.07) is 6.24. The highest BCUT2D eigenvalue weighted by molar-refractivity contribution is 5.22. The van der Waals surface area contributed by atoms with Crippen LogP contribution in [-0.2, 0) is 0 Å². The van der Waals surface area contributed by atoms with Crippen LogP contribution in [0, 0.1) is 17.7 Å². The van der Waals surface area contributed by atoms with Gasteiger partial charge in [0.1, 0.15) is 17.7 Å². The third-order valence-corrected chi connectivity index (χ3v) is 3.16. The summed E-state index contributed by atoms with van der Waals surface area (Å²) in [5.41, 5.74) is 0. The van der Waals surface area contributed by atoms with Gasteiger partial charge < -0.3 is 10.1 Å². The van der Waals surface area contributed by atoms with E-state index >= 15 is 0 Å². The molecule has 0 radical (unpaired) electrons. The van der Waals surface area contributed by atoms with Gasteiger partial charge in [0.05, 0.1) is 0 Å². The molecule has 16 heavy (non-hydrogen) atoms. The summed E-state index contributed by atoms with van der Waals surface area (Å²) in [5, 5.41) is 3.34. The average molecular weight is 223 g/mol. The second kappa shape index (κ2) is 4.83. The van der Waals surface area contributed by atoms with Crippen molar-refractivity contribution in [1.82, 2.24) is 5.32 Å². The Labute approximate surface area is 95.8 Å². The van der Waals surface area contributed by atoms with Gasteiger partial charge in [-0.15, -0.1) is 0 Å². The number of ether oxygens (including phenoxy) is 1. The van der Waals surface area contributed by atoms with E-state index in [1.807, 2.05) is 0 Å². The van der Waals surface area contributed by atoms with Gasteiger partial charge >= 0.3 is 0 Å². The maximum absolute atomic E-state index is 12.7. The van der Waals surface area contributed by atoms with Gasteiger partial charge in [0.25, 0.3) is 0 Å². The SMILES string of the molecule is CC(C)C1CNCC1Oc1ccc(F)cc1. The molecule has 2 nitrogen and oxygen atoms in total. The summed E-state index contributed by atoms with van der Waals surface area (Å²) in [7, 11) is 0. The minimum Gasteiger partial charge on any atom is -0.489 e. The fourth-order valence-corrected chi connectivity index (χ4v) is 2.16. The molecule has 1 saturated heterocycles. The lowest BCUT2D eigenvalue weighted by molar-refractivity contribution is 0.147. The Bertz CT molecular complexity index is 336. The van der Waals surface area contributed by atoms with Crippen LogP contribution in [0.15, 0.2) is 24.3 Å². The highest BCUT2D eigenvalue weighted by atomic mass is 19.1. The highest BCUT2D eigenvalue weighted by Gasteiger charge is 2.30. The third-order valence-electron chi connectivity index (χ3n) is 3.16. The van der Waals surface area contributed by atoms with Gasteiger partial charge in [-0.2, -0.15) is 0 Å². The number of rotatable bonds is 3. The van der Waals surface area contributed by atoms with Crippen LogP contribution in [-0.4, -0.2) is 19.2 Å². The number of hydrogen-bond acceptors (Lipinski definition) is 2. The molecule has 2 unspecified atom stereocenters. The molecule has 1 heterocycles. The molecule has 2 atom stereocenters. The van der Waals surface area contributed by atoms with Gasteiger partial charge in [0.15, 0.2) is 0 Å². The zero-order valence-corrected chi connectivity index (χ0v) is 9.74. The highest BCUT2D eigenvalue weighted by Crippen LogP contribution is 2.24. The van der Waals surface area contributed by atoms with Gasteiger partial charge in [-0.3, -0.25) is 0 Å². The second-order valence-corrected chi connectivity index (χ2v) is 4.68. The van der Waals surface area contributed by atoms with Gasteiger partial charge in [-0.25, -0.2) is 4.39 Å². The Hall–Kier alpha value is -1.09. The molecule has 1 aliphatic heterocycles. The summed E-state index contributed by atoms with van der Waals surface area (Å²) < 4.78 is 18.6. The van der Waals surface area contributed by atoms with E-state index in [-0.39, 0.29) is 11.9 Å². The van der Waals surface area contributed by atoms with Crippen molar-refractivity contribution in [3.05, 3.63) is 30.1 Å². The molecule has 0 aromatic heterocycles. The lowest BCUT2D eigenvalue weighted by atomic mass is 9.93. The third kappa shape index (κ3) is 2.53. The van der Waals surface area contributed by atoms with Crippen molar-refractivity contribution in [1.29, 1.82) is 0 Å². The molecule has 0 aliphatic carbocycles. The predicted octanol–water partition coefficient (Wildman–Crippen LogP) is 2.45. The molecule has 1 aromatic carbocycles. The van der Waals surface area contributed by atoms with E-state index in [4.69, 9.17) is 4.74 Å². The summed E-state index contributed by atoms with van der Waals surface area (Å²) in [6.07, 6.45) is 0.200. The Morgan fingerprint density at radius 3 is 2.56 bits per heavy atom. The van der Waals surface area contributed by atoms with Crippen LogP contribution in [0.5, 0.6) is 5.75 Å². The first-order valence-corrected chi connectivity index (χ1v) is 5.80. The van der Waals surface area contributed by atoms with Crippen LogP contribution in [0.1, 0.15) is 13.8 Å². The molecule has 1 fully saturated rings. The molecular formula is C13H18FNO. The van der Waals surface area contributed by atoms with Gasteiger partial charge in [-0.1, -0.05) is 13.8 Å². The number of benzene rings is 1. The van der Waals surface area contributed by atoms with Crippen molar-refractivity contribution < 1.29 is 9.13 Å². The summed E-state index contributed by atoms with van der Waals surface area (Å²) >= 11 is 0. The summed E-state index contributed by atoms with van der Waals surface area (Å²) in [6.45, 7) is 6.29. The van der Waals surface area contributed by atoms with Crippen molar-refractivity contribution in [2.24, 2.45) is 11.8 Å². The van der Waals surface area contributed by atoms with E-state index in [2.05, 4.69) is 19.2 Å². The Morgan fingerprint density at radius 2 is 1.94 bits per heavy atom. The number of nitrogens with one attached hydrogen (secondary N) is 1. The molecule has 2 rings (SSSR count). The normalized spacial score (nSPS) is 25.0. The van der Waals surface area contributed by atoms with E-state index in [1.165, 1.54) is 12.1 Å². The molecule has 0 spiro atoms. The molecule has 0 amide bonds. The average Bonchev–Trinajstić information content (AvgIpc) is 2.69. The first-order valence-electron chi connectivity index (χ1n) is 5.80. The van der Waals surface area contributed by atoms with Gasteiger partial charge in [0, 0.05) is 19.0 Å². The lowest BCUT2D eigenvalue weighted by Gasteiger charge is -2.23. The van der Waals surface area contributed by atoms with Crippen LogP contribution < -0.4 is 10.1 Å². The van der Waals surface area contributed by atoms with E-state index in [0.29, 0.717) is 11.8 Å². The topological polar surface area (TPSA) is 21.3 Å². The largest absolute Gasteiger partial charge is 0.489 e. The molecule has 3 heteroatoms. The predicted molar refractivity (Wildman–Crippen MR) is 62.0 cm³/mol. The molecule has 88 valence electrons. The maximum atomic E-state index is 12.7. The Morgan fingerprint density at radius 1 is 1.25 bits per heavy atom. The maximum Gasteiger partial charge on any atom is 0.123 e. The smallest absolute Gasteiger partial charge is 0.123 e. The molecular weight excluding hydrogens is 205 g/mol. The van der Waals surface area contributed by atoms with E-state index < -0.39 is 0 Å². The zero-order valence-electron chi connectivity index (χ0n) is 9.74. The molecule has 0 bridgehead atoms. The minimum absolute atomic E-state index is 0.200. The van der Waals surface area contributed by atoms with Crippen molar-refractivity contribution in [3.63, 3.8) is 0 Å². The minimum atomic E-state index is -0.225. The number of halogens is 1. The van der Waals surface area contributed by atoms with Gasteiger partial charge in [-0.05, 0) is 30.2 Å². The standard InChI is InChI=1S/C13H18FNO/c1-9(2)12-7-15-8-13(12)16-11-5-3-10(14)4-6-11/h3-6,9,12-13,15H,7-8H2,1-2H3. The fraction of sp³-hybridized carbons (Fsp3) is 0.538. The molecule has 0 saturated carbocycles. The Balaban J connectivity index is 2.01. The van der Waals surface area contributed by atoms with E-state index in [9.17, 15) is 4.39 Å². The van der Waals surface area contributed by atoms with Crippen molar-refractivity contribution in [2.45, 2.75) is 20.0 Å². The summed E-state index contributed by atoms with van der Waals surface area (Å²) in [4.78, 5) is 0. The molecule has 1 aromatic rings. The summed E-state index contributed by atoms with van der Waals surface area (Å²) in [5.74, 6) is 1.66. The van der Waals surface area contributed by atoms with Crippen molar-refractivity contribution >= 4 is 0 Å². The Kier molecular flexibility index (Phi) is 3.44. The van der Waals surface area contributed by atoms with Crippen LogP contribution in [0.4, 0.5) is 4.39 Å². The molecule has 1 aliphatic rings. The van der Waals surface area contributed by atoms with E-state index in [1.54, 1.807) is 12.1 Å². The monoisotopic (exact) mass is 223 g/mol. The van der Waals surface area contributed by atoms with E-state index in [0.717, 1.165) is 18.8 Å². The fourth-order valence-electron chi connectivity index (χ4n) is 2.16. The van der Waals surface area contributed by atoms with Crippen LogP contribution in [0.3, 0.4) is 0 Å². The van der Waals surface area contributed by atoms with Crippen LogP contribution in [0.25, 0.3) is 0 Å². The van der Waals surface area contributed by atoms with Crippen LogP contribution >= 0.6 is 0 Å². The first kappa shape index (κ1) is 11.4. The second-order valence-electron chi connectivity index (χ2n) is 4.68. The lowest BCUT2D eigenvalue weighted by Crippen LogP contribution is -2.29. The first-order chi connectivity index (χ1) is 7.66. The van der Waals surface area contributed by atoms with Gasteiger partial charge in [0.2, 0.25) is 0 Å². The van der Waals surface area contributed by atoms with Crippen LogP contribution in [0.2, 0.25) is 0 Å². The molecule has 1 N–H and O–H groups in total. The van der Waals surface area contributed by atoms with Crippen molar-refractivity contribution in [2.75, 3.05) is 13.1 Å². The van der Waals surface area contributed by atoms with Crippen molar-refractivity contribution in [3.8, 4) is 5.75 Å². The quantitative estimate of drug-likeness (QED) is 0.850. The number of hydrogen-bond donors (Lipinski definition) is 1. The zero-order chi connectivity index (χ0) is 11.5.